The van der Waals surface area contributed by atoms with Gasteiger partial charge in [-0.3, -0.25) is 9.78 Å². The molecule has 3 N–H and O–H groups in total. The van der Waals surface area contributed by atoms with Crippen molar-refractivity contribution in [1.82, 2.24) is 4.98 Å². The molecule has 0 aliphatic heterocycles. The molecule has 3 aromatic rings. The van der Waals surface area contributed by atoms with Crippen molar-refractivity contribution >= 4 is 34.7 Å². The van der Waals surface area contributed by atoms with Crippen molar-refractivity contribution in [2.24, 2.45) is 0 Å². The molecule has 0 saturated heterocycles. The smallest absolute Gasteiger partial charge is 0.255 e. The highest BCUT2D eigenvalue weighted by Crippen LogP contribution is 2.28. The van der Waals surface area contributed by atoms with Crippen LogP contribution in [-0.4, -0.2) is 25.0 Å². The van der Waals surface area contributed by atoms with Crippen molar-refractivity contribution in [3.05, 3.63) is 78.1 Å². The second-order valence-electron chi connectivity index (χ2n) is 6.30. The summed E-state index contributed by atoms with van der Waals surface area (Å²) in [6, 6.07) is 17.3. The minimum Gasteiger partial charge on any atom is -0.397 e. The number of rotatable bonds is 6. The highest BCUT2D eigenvalue weighted by molar-refractivity contribution is 7.98. The molecule has 1 heterocycles. The number of nitrogens with zero attached hydrogens (tertiary/aromatic N) is 2. The van der Waals surface area contributed by atoms with Gasteiger partial charge in [0.15, 0.2) is 0 Å². The lowest BCUT2D eigenvalue weighted by Gasteiger charge is -2.13. The molecule has 27 heavy (non-hydrogen) atoms. The number of anilines is 3. The molecule has 1 amide bonds. The van der Waals surface area contributed by atoms with Crippen LogP contribution >= 0.6 is 11.8 Å². The van der Waals surface area contributed by atoms with Crippen LogP contribution in [0.15, 0.2) is 71.9 Å². The lowest BCUT2D eigenvalue weighted by molar-refractivity contribution is 0.102. The average molecular weight is 379 g/mol. The van der Waals surface area contributed by atoms with Gasteiger partial charge < -0.3 is 16.0 Å². The largest absolute Gasteiger partial charge is 0.397 e. The van der Waals surface area contributed by atoms with E-state index in [1.54, 1.807) is 24.2 Å². The lowest BCUT2D eigenvalue weighted by atomic mass is 10.1. The first kappa shape index (κ1) is 18.8. The fraction of sp³-hybridized carbons (Fsp3) is 0.143. The van der Waals surface area contributed by atoms with Gasteiger partial charge in [-0.05, 0) is 48.0 Å². The fourth-order valence-corrected chi connectivity index (χ4v) is 3.42. The Balaban J connectivity index is 1.64. The van der Waals surface area contributed by atoms with Gasteiger partial charge in [0.25, 0.3) is 5.91 Å². The number of carbonyl (C=O) groups is 1. The van der Waals surface area contributed by atoms with E-state index in [0.29, 0.717) is 11.3 Å². The molecule has 6 heteroatoms. The molecule has 0 saturated carbocycles. The van der Waals surface area contributed by atoms with E-state index >= 15 is 0 Å². The molecule has 2 aromatic carbocycles. The highest BCUT2D eigenvalue weighted by Gasteiger charge is 2.07. The maximum Gasteiger partial charge on any atom is 0.255 e. The third-order valence-corrected chi connectivity index (χ3v) is 5.20. The van der Waals surface area contributed by atoms with Gasteiger partial charge in [-0.25, -0.2) is 0 Å². The van der Waals surface area contributed by atoms with Gasteiger partial charge in [0.05, 0.1) is 11.9 Å². The SMILES string of the molecule is CN(C)c1ccc(C(=O)Nc2cccc(CSc3ccncc3N)c2)cc1. The Labute approximate surface area is 163 Å². The number of benzene rings is 2. The molecule has 0 radical (unpaired) electrons. The molecule has 0 fully saturated rings. The Bertz CT molecular complexity index is 925. The van der Waals surface area contributed by atoms with Crippen LogP contribution in [0.3, 0.4) is 0 Å². The molecule has 5 nitrogen and oxygen atoms in total. The zero-order chi connectivity index (χ0) is 19.2. The molecule has 0 unspecified atom stereocenters. The summed E-state index contributed by atoms with van der Waals surface area (Å²) < 4.78 is 0. The van der Waals surface area contributed by atoms with E-state index < -0.39 is 0 Å². The van der Waals surface area contributed by atoms with Crippen LogP contribution in [0.1, 0.15) is 15.9 Å². The maximum absolute atomic E-state index is 12.5. The number of hydrogen-bond donors (Lipinski definition) is 2. The normalized spacial score (nSPS) is 10.4. The van der Waals surface area contributed by atoms with Crippen LogP contribution < -0.4 is 16.0 Å². The third kappa shape index (κ3) is 5.01. The van der Waals surface area contributed by atoms with Crippen LogP contribution in [0, 0.1) is 0 Å². The van der Waals surface area contributed by atoms with E-state index in [-0.39, 0.29) is 5.91 Å². The van der Waals surface area contributed by atoms with E-state index in [0.717, 1.165) is 27.6 Å². The molecule has 0 aliphatic rings. The second kappa shape index (κ2) is 8.60. The zero-order valence-corrected chi connectivity index (χ0v) is 16.2. The van der Waals surface area contributed by atoms with E-state index in [1.807, 2.05) is 73.6 Å². The Hall–Kier alpha value is -2.99. The summed E-state index contributed by atoms with van der Waals surface area (Å²) in [6.45, 7) is 0. The Morgan fingerprint density at radius 3 is 2.63 bits per heavy atom. The molecule has 0 aliphatic carbocycles. The number of carbonyl (C=O) groups excluding carboxylic acids is 1. The van der Waals surface area contributed by atoms with Gasteiger partial charge in [0.1, 0.15) is 0 Å². The maximum atomic E-state index is 12.5. The molecule has 138 valence electrons. The van der Waals surface area contributed by atoms with E-state index in [9.17, 15) is 4.79 Å². The van der Waals surface area contributed by atoms with Crippen LogP contribution in [0.4, 0.5) is 17.1 Å². The number of pyridine rings is 1. The standard InChI is InChI=1S/C21H22N4OS/c1-25(2)18-8-6-16(7-9-18)21(26)24-17-5-3-4-15(12-17)14-27-20-10-11-23-13-19(20)22/h3-13H,14,22H2,1-2H3,(H,24,26). The van der Waals surface area contributed by atoms with Crippen LogP contribution in [0.5, 0.6) is 0 Å². The van der Waals surface area contributed by atoms with Gasteiger partial charge in [0.2, 0.25) is 0 Å². The van der Waals surface area contributed by atoms with Crippen molar-refractivity contribution in [2.45, 2.75) is 10.6 Å². The summed E-state index contributed by atoms with van der Waals surface area (Å²) in [7, 11) is 3.94. The zero-order valence-electron chi connectivity index (χ0n) is 15.3. The molecule has 0 bridgehead atoms. The Kier molecular flexibility index (Phi) is 5.98. The van der Waals surface area contributed by atoms with Gasteiger partial charge in [-0.1, -0.05) is 12.1 Å². The molecular weight excluding hydrogens is 356 g/mol. The summed E-state index contributed by atoms with van der Waals surface area (Å²) in [5.41, 5.74) is 10.2. The number of nitrogens with two attached hydrogens (primary N) is 1. The van der Waals surface area contributed by atoms with Crippen molar-refractivity contribution < 1.29 is 4.79 Å². The summed E-state index contributed by atoms with van der Waals surface area (Å²) in [4.78, 5) is 19.5. The van der Waals surface area contributed by atoms with Gasteiger partial charge in [-0.2, -0.15) is 0 Å². The number of amides is 1. The van der Waals surface area contributed by atoms with Gasteiger partial charge >= 0.3 is 0 Å². The van der Waals surface area contributed by atoms with Crippen molar-refractivity contribution in [3.8, 4) is 0 Å². The highest BCUT2D eigenvalue weighted by atomic mass is 32.2. The summed E-state index contributed by atoms with van der Waals surface area (Å²) in [5.74, 6) is 0.638. The number of nitrogens with one attached hydrogen (secondary N) is 1. The fourth-order valence-electron chi connectivity index (χ4n) is 2.54. The van der Waals surface area contributed by atoms with Crippen LogP contribution in [0.25, 0.3) is 0 Å². The molecular formula is C21H22N4OS. The van der Waals surface area contributed by atoms with Crippen molar-refractivity contribution in [2.75, 3.05) is 30.0 Å². The number of nitrogen functional groups attached to an aromatic ring is 1. The summed E-state index contributed by atoms with van der Waals surface area (Å²) in [6.07, 6.45) is 3.39. The molecule has 3 rings (SSSR count). The van der Waals surface area contributed by atoms with E-state index in [4.69, 9.17) is 5.73 Å². The summed E-state index contributed by atoms with van der Waals surface area (Å²) in [5, 5.41) is 2.96. The average Bonchev–Trinajstić information content (AvgIpc) is 2.68. The van der Waals surface area contributed by atoms with E-state index in [1.165, 1.54) is 0 Å². The number of hydrogen-bond acceptors (Lipinski definition) is 5. The Morgan fingerprint density at radius 2 is 1.93 bits per heavy atom. The Morgan fingerprint density at radius 1 is 1.15 bits per heavy atom. The predicted octanol–water partition coefficient (Wildman–Crippen LogP) is 4.27. The van der Waals surface area contributed by atoms with Crippen molar-refractivity contribution in [1.29, 1.82) is 0 Å². The van der Waals surface area contributed by atoms with Crippen LogP contribution in [0.2, 0.25) is 0 Å². The number of thioether (sulfide) groups is 1. The minimum absolute atomic E-state index is 0.122. The molecule has 1 aromatic heterocycles. The predicted molar refractivity (Wildman–Crippen MR) is 113 cm³/mol. The molecule has 0 spiro atoms. The summed E-state index contributed by atoms with van der Waals surface area (Å²) >= 11 is 1.65. The minimum atomic E-state index is -0.122. The lowest BCUT2D eigenvalue weighted by Crippen LogP contribution is -2.13. The first-order valence-corrected chi connectivity index (χ1v) is 9.51. The topological polar surface area (TPSA) is 71.2 Å². The first-order chi connectivity index (χ1) is 13.0. The van der Waals surface area contributed by atoms with Gasteiger partial charge in [0, 0.05) is 47.9 Å². The molecule has 0 atom stereocenters. The third-order valence-electron chi connectivity index (χ3n) is 4.04. The van der Waals surface area contributed by atoms with E-state index in [2.05, 4.69) is 10.3 Å². The number of aromatic nitrogens is 1. The quantitative estimate of drug-likeness (QED) is 0.627. The van der Waals surface area contributed by atoms with Crippen LogP contribution in [-0.2, 0) is 5.75 Å². The van der Waals surface area contributed by atoms with Gasteiger partial charge in [-0.15, -0.1) is 11.8 Å². The second-order valence-corrected chi connectivity index (χ2v) is 7.32. The van der Waals surface area contributed by atoms with Crippen molar-refractivity contribution in [3.63, 3.8) is 0 Å². The monoisotopic (exact) mass is 378 g/mol. The first-order valence-electron chi connectivity index (χ1n) is 8.53.